The first-order valence-electron chi connectivity index (χ1n) is 10.1. The molecule has 1 aliphatic rings. The van der Waals surface area contributed by atoms with Gasteiger partial charge in [0.2, 0.25) is 0 Å². The fourth-order valence-corrected chi connectivity index (χ4v) is 4.29. The lowest BCUT2D eigenvalue weighted by Gasteiger charge is -2.29. The van der Waals surface area contributed by atoms with Crippen molar-refractivity contribution >= 4 is 5.78 Å². The third kappa shape index (κ3) is 5.72. The van der Waals surface area contributed by atoms with Crippen LogP contribution in [-0.4, -0.2) is 10.9 Å². The Hall–Kier alpha value is -2.09. The molecule has 0 heterocycles. The predicted octanol–water partition coefficient (Wildman–Crippen LogP) is 6.18. The zero-order chi connectivity index (χ0) is 18.2. The smallest absolute Gasteiger partial charge is 0.162 e. The molecular weight excluding hydrogens is 320 g/mol. The van der Waals surface area contributed by atoms with E-state index in [9.17, 15) is 9.90 Å². The highest BCUT2D eigenvalue weighted by Gasteiger charge is 2.22. The summed E-state index contributed by atoms with van der Waals surface area (Å²) >= 11 is 0. The normalized spacial score (nSPS) is 20.0. The molecule has 0 amide bonds. The van der Waals surface area contributed by atoms with E-state index in [0.29, 0.717) is 12.3 Å². The number of rotatable bonds is 8. The Balaban J connectivity index is 1.39. The number of carbonyl (C=O) groups is 1. The standard InChI is InChI=1S/C24H30O2/c25-23-15-13-22(14-16-23)24(26)17-12-21-11-5-10-20(18-21)9-4-8-19-6-2-1-3-7-19/h1-3,6-7,13-16,20-21,25H,4-5,8-12,17-18H2. The number of phenolic OH excluding ortho intramolecular Hbond substituents is 1. The highest BCUT2D eigenvalue weighted by atomic mass is 16.3. The van der Waals surface area contributed by atoms with Crippen LogP contribution >= 0.6 is 0 Å². The molecule has 1 fully saturated rings. The number of phenols is 1. The summed E-state index contributed by atoms with van der Waals surface area (Å²) in [4.78, 5) is 12.3. The molecule has 2 aromatic rings. The number of carbonyl (C=O) groups excluding carboxylic acids is 1. The topological polar surface area (TPSA) is 37.3 Å². The molecule has 138 valence electrons. The number of Topliss-reactive ketones (excluding diaryl/α,β-unsaturated/α-hetero) is 1. The van der Waals surface area contributed by atoms with E-state index in [1.54, 1.807) is 24.3 Å². The Morgan fingerprint density at radius 1 is 0.923 bits per heavy atom. The first-order valence-corrected chi connectivity index (χ1v) is 10.1. The van der Waals surface area contributed by atoms with Gasteiger partial charge in [0.15, 0.2) is 5.78 Å². The number of benzene rings is 2. The van der Waals surface area contributed by atoms with Gasteiger partial charge in [-0.15, -0.1) is 0 Å². The van der Waals surface area contributed by atoms with Crippen LogP contribution < -0.4 is 0 Å². The number of aromatic hydroxyl groups is 1. The zero-order valence-electron chi connectivity index (χ0n) is 15.6. The van der Waals surface area contributed by atoms with E-state index in [2.05, 4.69) is 30.3 Å². The maximum Gasteiger partial charge on any atom is 0.162 e. The molecule has 2 nitrogen and oxygen atoms in total. The van der Waals surface area contributed by atoms with Gasteiger partial charge in [0, 0.05) is 12.0 Å². The molecule has 1 saturated carbocycles. The molecule has 2 aromatic carbocycles. The Bertz CT molecular complexity index is 675. The van der Waals surface area contributed by atoms with E-state index < -0.39 is 0 Å². The minimum absolute atomic E-state index is 0.205. The Kier molecular flexibility index (Phi) is 6.88. The fourth-order valence-electron chi connectivity index (χ4n) is 4.29. The number of hydrogen-bond donors (Lipinski definition) is 1. The van der Waals surface area contributed by atoms with Gasteiger partial charge >= 0.3 is 0 Å². The van der Waals surface area contributed by atoms with E-state index in [0.717, 1.165) is 17.9 Å². The van der Waals surface area contributed by atoms with Crippen molar-refractivity contribution in [2.75, 3.05) is 0 Å². The number of ketones is 1. The molecule has 0 saturated heterocycles. The van der Waals surface area contributed by atoms with E-state index >= 15 is 0 Å². The van der Waals surface area contributed by atoms with Gasteiger partial charge in [0.25, 0.3) is 0 Å². The predicted molar refractivity (Wildman–Crippen MR) is 106 cm³/mol. The van der Waals surface area contributed by atoms with Gasteiger partial charge in [-0.05, 0) is 67.3 Å². The lowest BCUT2D eigenvalue weighted by Crippen LogP contribution is -2.17. The van der Waals surface area contributed by atoms with E-state index in [1.165, 1.54) is 50.5 Å². The summed E-state index contributed by atoms with van der Waals surface area (Å²) in [5, 5.41) is 9.33. The SMILES string of the molecule is O=C(CCC1CCCC(CCCc2ccccc2)C1)c1ccc(O)cc1. The van der Waals surface area contributed by atoms with Crippen molar-refractivity contribution in [1.82, 2.24) is 0 Å². The summed E-state index contributed by atoms with van der Waals surface area (Å²) in [6.07, 6.45) is 10.6. The highest BCUT2D eigenvalue weighted by Crippen LogP contribution is 2.35. The second kappa shape index (κ2) is 9.56. The Labute approximate surface area is 157 Å². The van der Waals surface area contributed by atoms with Gasteiger partial charge in [-0.2, -0.15) is 0 Å². The van der Waals surface area contributed by atoms with E-state index in [4.69, 9.17) is 0 Å². The first kappa shape index (κ1) is 18.7. The summed E-state index contributed by atoms with van der Waals surface area (Å²) in [5.74, 6) is 1.95. The highest BCUT2D eigenvalue weighted by molar-refractivity contribution is 5.96. The van der Waals surface area contributed by atoms with Gasteiger partial charge in [0.1, 0.15) is 5.75 Å². The second-order valence-corrected chi connectivity index (χ2v) is 7.79. The molecule has 26 heavy (non-hydrogen) atoms. The molecule has 0 spiro atoms. The molecule has 0 radical (unpaired) electrons. The van der Waals surface area contributed by atoms with Crippen LogP contribution in [-0.2, 0) is 6.42 Å². The molecular formula is C24H30O2. The average molecular weight is 351 g/mol. The summed E-state index contributed by atoms with van der Waals surface area (Å²) < 4.78 is 0. The van der Waals surface area contributed by atoms with Gasteiger partial charge in [-0.25, -0.2) is 0 Å². The number of aryl methyl sites for hydroxylation is 1. The molecule has 0 bridgehead atoms. The zero-order valence-corrected chi connectivity index (χ0v) is 15.6. The average Bonchev–Trinajstić information content (AvgIpc) is 2.68. The fraction of sp³-hybridized carbons (Fsp3) is 0.458. The maximum absolute atomic E-state index is 12.3. The van der Waals surface area contributed by atoms with Crippen LogP contribution in [0.15, 0.2) is 54.6 Å². The van der Waals surface area contributed by atoms with Crippen molar-refractivity contribution in [3.05, 3.63) is 65.7 Å². The van der Waals surface area contributed by atoms with Gasteiger partial charge in [0.05, 0.1) is 0 Å². The second-order valence-electron chi connectivity index (χ2n) is 7.79. The third-order valence-corrected chi connectivity index (χ3v) is 5.78. The van der Waals surface area contributed by atoms with E-state index in [-0.39, 0.29) is 11.5 Å². The van der Waals surface area contributed by atoms with Crippen molar-refractivity contribution in [2.24, 2.45) is 11.8 Å². The van der Waals surface area contributed by atoms with E-state index in [1.807, 2.05) is 0 Å². The largest absolute Gasteiger partial charge is 0.508 e. The quantitative estimate of drug-likeness (QED) is 0.577. The Morgan fingerprint density at radius 3 is 2.35 bits per heavy atom. The van der Waals surface area contributed by atoms with Crippen LogP contribution in [0.4, 0.5) is 0 Å². The van der Waals surface area contributed by atoms with Crippen LogP contribution in [0.25, 0.3) is 0 Å². The summed E-state index contributed by atoms with van der Waals surface area (Å²) in [7, 11) is 0. The van der Waals surface area contributed by atoms with Gasteiger partial charge in [-0.3, -0.25) is 4.79 Å². The van der Waals surface area contributed by atoms with Gasteiger partial charge in [-0.1, -0.05) is 56.0 Å². The monoisotopic (exact) mass is 350 g/mol. The lowest BCUT2D eigenvalue weighted by atomic mass is 9.77. The summed E-state index contributed by atoms with van der Waals surface area (Å²) in [6, 6.07) is 17.4. The minimum atomic E-state index is 0.205. The first-order chi connectivity index (χ1) is 12.7. The summed E-state index contributed by atoms with van der Waals surface area (Å²) in [5.41, 5.74) is 2.16. The van der Waals surface area contributed by atoms with Crippen LogP contribution in [0.3, 0.4) is 0 Å². The summed E-state index contributed by atoms with van der Waals surface area (Å²) in [6.45, 7) is 0. The van der Waals surface area contributed by atoms with Crippen LogP contribution in [0, 0.1) is 11.8 Å². The van der Waals surface area contributed by atoms with Gasteiger partial charge < -0.3 is 5.11 Å². The molecule has 2 atom stereocenters. The molecule has 2 unspecified atom stereocenters. The third-order valence-electron chi connectivity index (χ3n) is 5.78. The molecule has 3 rings (SSSR count). The minimum Gasteiger partial charge on any atom is -0.508 e. The molecule has 0 aliphatic heterocycles. The Morgan fingerprint density at radius 2 is 1.62 bits per heavy atom. The van der Waals surface area contributed by atoms with Crippen molar-refractivity contribution in [1.29, 1.82) is 0 Å². The van der Waals surface area contributed by atoms with Crippen molar-refractivity contribution in [3.8, 4) is 5.75 Å². The van der Waals surface area contributed by atoms with Crippen LogP contribution in [0.2, 0.25) is 0 Å². The molecule has 0 aromatic heterocycles. The van der Waals surface area contributed by atoms with Crippen LogP contribution in [0.1, 0.15) is 67.3 Å². The molecule has 2 heteroatoms. The van der Waals surface area contributed by atoms with Crippen molar-refractivity contribution < 1.29 is 9.90 Å². The van der Waals surface area contributed by atoms with Crippen molar-refractivity contribution in [3.63, 3.8) is 0 Å². The maximum atomic E-state index is 12.3. The molecule has 1 N–H and O–H groups in total. The van der Waals surface area contributed by atoms with Crippen LogP contribution in [0.5, 0.6) is 5.75 Å². The lowest BCUT2D eigenvalue weighted by molar-refractivity contribution is 0.0966. The molecule has 1 aliphatic carbocycles. The number of hydrogen-bond acceptors (Lipinski definition) is 2. The van der Waals surface area contributed by atoms with Crippen molar-refractivity contribution in [2.45, 2.75) is 57.8 Å².